The van der Waals surface area contributed by atoms with Crippen molar-refractivity contribution < 1.29 is 9.72 Å². The van der Waals surface area contributed by atoms with Crippen LogP contribution in [0.3, 0.4) is 0 Å². The Morgan fingerprint density at radius 1 is 1.33 bits per heavy atom. The van der Waals surface area contributed by atoms with Gasteiger partial charge < -0.3 is 5.32 Å². The third-order valence-corrected chi connectivity index (χ3v) is 4.07. The van der Waals surface area contributed by atoms with Crippen LogP contribution in [0.2, 0.25) is 0 Å². The van der Waals surface area contributed by atoms with E-state index < -0.39 is 10.8 Å². The van der Waals surface area contributed by atoms with Gasteiger partial charge in [0.25, 0.3) is 11.6 Å². The molecule has 1 amide bonds. The molecule has 0 saturated heterocycles. The highest BCUT2D eigenvalue weighted by Gasteiger charge is 2.18. The molecular weight excluding hydrogens is 408 g/mol. The molecule has 0 aliphatic rings. The maximum absolute atomic E-state index is 12.1. The van der Waals surface area contributed by atoms with Crippen LogP contribution in [0, 0.1) is 17.0 Å². The second-order valence-corrected chi connectivity index (χ2v) is 6.00. The Hall–Kier alpha value is -1.74. The number of rotatable bonds is 3. The quantitative estimate of drug-likeness (QED) is 0.611. The summed E-state index contributed by atoms with van der Waals surface area (Å²) in [5, 5.41) is 17.5. The molecule has 21 heavy (non-hydrogen) atoms. The lowest BCUT2D eigenvalue weighted by Gasteiger charge is -2.08. The molecule has 0 radical (unpaired) electrons. The van der Waals surface area contributed by atoms with Gasteiger partial charge in [-0.25, -0.2) is 0 Å². The van der Waals surface area contributed by atoms with Gasteiger partial charge >= 0.3 is 0 Å². The Morgan fingerprint density at radius 2 is 1.90 bits per heavy atom. The standard InChI is InChI=1S/C12H10Br2N4O3/c1-6-3-10(16-17(6)2)12(19)15-11-8(13)4-7(18(20)21)5-9(11)14/h3-5H,1-2H3,(H,15,19). The predicted octanol–water partition coefficient (Wildman–Crippen LogP) is 3.41. The van der Waals surface area contributed by atoms with Crippen molar-refractivity contribution in [2.75, 3.05) is 5.32 Å². The van der Waals surface area contributed by atoms with Crippen molar-refractivity contribution in [3.63, 3.8) is 0 Å². The summed E-state index contributed by atoms with van der Waals surface area (Å²) in [5.74, 6) is -0.394. The van der Waals surface area contributed by atoms with Crippen molar-refractivity contribution in [1.82, 2.24) is 9.78 Å². The molecular formula is C12H10Br2N4O3. The van der Waals surface area contributed by atoms with Crippen LogP contribution in [0.15, 0.2) is 27.1 Å². The molecule has 0 saturated carbocycles. The highest BCUT2D eigenvalue weighted by Crippen LogP contribution is 2.35. The number of nitrogens with one attached hydrogen (secondary N) is 1. The van der Waals surface area contributed by atoms with E-state index in [1.807, 2.05) is 6.92 Å². The number of nitro groups is 1. The average Bonchev–Trinajstić information content (AvgIpc) is 2.73. The predicted molar refractivity (Wildman–Crippen MR) is 84.4 cm³/mol. The third kappa shape index (κ3) is 3.30. The number of nitrogens with zero attached hydrogens (tertiary/aromatic N) is 3. The SMILES string of the molecule is Cc1cc(C(=O)Nc2c(Br)cc([N+](=O)[O-])cc2Br)nn1C. The van der Waals surface area contributed by atoms with Crippen molar-refractivity contribution in [2.45, 2.75) is 6.92 Å². The third-order valence-electron chi connectivity index (χ3n) is 2.82. The van der Waals surface area contributed by atoms with Crippen LogP contribution < -0.4 is 5.32 Å². The van der Waals surface area contributed by atoms with E-state index >= 15 is 0 Å². The van der Waals surface area contributed by atoms with Gasteiger partial charge in [0, 0.05) is 33.8 Å². The number of aromatic nitrogens is 2. The van der Waals surface area contributed by atoms with E-state index in [-0.39, 0.29) is 11.4 Å². The van der Waals surface area contributed by atoms with Crippen LogP contribution in [-0.4, -0.2) is 20.6 Å². The minimum absolute atomic E-state index is 0.0829. The smallest absolute Gasteiger partial charge is 0.276 e. The fourth-order valence-electron chi connectivity index (χ4n) is 1.63. The molecule has 1 aromatic heterocycles. The number of hydrogen-bond acceptors (Lipinski definition) is 4. The first-order valence-corrected chi connectivity index (χ1v) is 7.33. The van der Waals surface area contributed by atoms with E-state index in [1.165, 1.54) is 12.1 Å². The number of carbonyl (C=O) groups excluding carboxylic acids is 1. The zero-order valence-corrected chi connectivity index (χ0v) is 14.2. The van der Waals surface area contributed by atoms with E-state index in [0.29, 0.717) is 14.6 Å². The number of anilines is 1. The minimum Gasteiger partial charge on any atom is -0.319 e. The van der Waals surface area contributed by atoms with Gasteiger partial charge in [-0.2, -0.15) is 5.10 Å². The average molecular weight is 418 g/mol. The van der Waals surface area contributed by atoms with Gasteiger partial charge in [-0.05, 0) is 44.8 Å². The maximum Gasteiger partial charge on any atom is 0.276 e. The van der Waals surface area contributed by atoms with E-state index in [2.05, 4.69) is 42.3 Å². The van der Waals surface area contributed by atoms with Crippen LogP contribution in [0.25, 0.3) is 0 Å². The molecule has 1 heterocycles. The number of aryl methyl sites for hydroxylation is 2. The van der Waals surface area contributed by atoms with Gasteiger partial charge in [0.2, 0.25) is 0 Å². The van der Waals surface area contributed by atoms with E-state index in [1.54, 1.807) is 17.8 Å². The topological polar surface area (TPSA) is 90.1 Å². The number of nitro benzene ring substituents is 1. The van der Waals surface area contributed by atoms with Gasteiger partial charge in [-0.1, -0.05) is 0 Å². The molecule has 0 spiro atoms. The molecule has 1 N–H and O–H groups in total. The minimum atomic E-state index is -0.511. The Kier molecular flexibility index (Phi) is 4.43. The number of halogens is 2. The van der Waals surface area contributed by atoms with Crippen LogP contribution in [-0.2, 0) is 7.05 Å². The van der Waals surface area contributed by atoms with Crippen molar-refractivity contribution in [3.8, 4) is 0 Å². The zero-order valence-electron chi connectivity index (χ0n) is 11.1. The van der Waals surface area contributed by atoms with Gasteiger partial charge in [-0.15, -0.1) is 0 Å². The highest BCUT2D eigenvalue weighted by molar-refractivity contribution is 9.11. The molecule has 0 fully saturated rings. The second kappa shape index (κ2) is 5.94. The van der Waals surface area contributed by atoms with Crippen molar-refractivity contribution in [2.24, 2.45) is 7.05 Å². The van der Waals surface area contributed by atoms with Crippen molar-refractivity contribution in [1.29, 1.82) is 0 Å². The van der Waals surface area contributed by atoms with E-state index in [0.717, 1.165) is 5.69 Å². The molecule has 0 bridgehead atoms. The Labute approximate surface area is 136 Å². The monoisotopic (exact) mass is 416 g/mol. The Bertz CT molecular complexity index is 700. The van der Waals surface area contributed by atoms with Crippen LogP contribution >= 0.6 is 31.9 Å². The summed E-state index contributed by atoms with van der Waals surface area (Å²) in [6, 6.07) is 4.30. The summed E-state index contributed by atoms with van der Waals surface area (Å²) in [5.41, 5.74) is 1.45. The van der Waals surface area contributed by atoms with Gasteiger partial charge in [0.05, 0.1) is 10.6 Å². The normalized spacial score (nSPS) is 10.5. The van der Waals surface area contributed by atoms with E-state index in [4.69, 9.17) is 0 Å². The molecule has 0 unspecified atom stereocenters. The van der Waals surface area contributed by atoms with Crippen LogP contribution in [0.4, 0.5) is 11.4 Å². The molecule has 1 aromatic carbocycles. The summed E-state index contributed by atoms with van der Waals surface area (Å²) in [6.07, 6.45) is 0. The van der Waals surface area contributed by atoms with Crippen LogP contribution in [0.1, 0.15) is 16.2 Å². The summed E-state index contributed by atoms with van der Waals surface area (Å²) in [4.78, 5) is 22.4. The molecule has 9 heteroatoms. The number of amides is 1. The lowest BCUT2D eigenvalue weighted by atomic mass is 10.2. The van der Waals surface area contributed by atoms with E-state index in [9.17, 15) is 14.9 Å². The van der Waals surface area contributed by atoms with Gasteiger partial charge in [0.15, 0.2) is 5.69 Å². The first kappa shape index (κ1) is 15.6. The number of hydrogen-bond donors (Lipinski definition) is 1. The molecule has 2 rings (SSSR count). The first-order chi connectivity index (χ1) is 9.79. The van der Waals surface area contributed by atoms with Crippen LogP contribution in [0.5, 0.6) is 0 Å². The maximum atomic E-state index is 12.1. The van der Waals surface area contributed by atoms with Crippen molar-refractivity contribution >= 4 is 49.1 Å². The summed E-state index contributed by atoms with van der Waals surface area (Å²) < 4.78 is 2.41. The highest BCUT2D eigenvalue weighted by atomic mass is 79.9. The molecule has 0 aliphatic carbocycles. The van der Waals surface area contributed by atoms with Crippen molar-refractivity contribution in [3.05, 3.63) is 48.6 Å². The molecule has 0 aliphatic heterocycles. The fraction of sp³-hybridized carbons (Fsp3) is 0.167. The lowest BCUT2D eigenvalue weighted by Crippen LogP contribution is -2.14. The molecule has 2 aromatic rings. The second-order valence-electron chi connectivity index (χ2n) is 4.29. The number of carbonyl (C=O) groups is 1. The molecule has 7 nitrogen and oxygen atoms in total. The van der Waals surface area contributed by atoms with Gasteiger partial charge in [-0.3, -0.25) is 19.6 Å². The lowest BCUT2D eigenvalue weighted by molar-refractivity contribution is -0.385. The summed E-state index contributed by atoms with van der Waals surface area (Å²) in [7, 11) is 1.74. The largest absolute Gasteiger partial charge is 0.319 e. The Balaban J connectivity index is 2.31. The first-order valence-electron chi connectivity index (χ1n) is 5.75. The summed E-state index contributed by atoms with van der Waals surface area (Å²) >= 11 is 6.42. The van der Waals surface area contributed by atoms with Gasteiger partial charge in [0.1, 0.15) is 0 Å². The Morgan fingerprint density at radius 3 is 2.33 bits per heavy atom. The fourth-order valence-corrected chi connectivity index (χ4v) is 2.99. The zero-order chi connectivity index (χ0) is 15.7. The summed E-state index contributed by atoms with van der Waals surface area (Å²) in [6.45, 7) is 1.83. The number of non-ortho nitro benzene ring substituents is 1. The molecule has 0 atom stereocenters. The number of benzene rings is 1. The molecule has 110 valence electrons.